The van der Waals surface area contributed by atoms with E-state index in [4.69, 9.17) is 9.16 Å². The molecule has 1 aromatic rings. The highest BCUT2D eigenvalue weighted by Gasteiger charge is 2.50. The zero-order valence-corrected chi connectivity index (χ0v) is 32.1. The Morgan fingerprint density at radius 1 is 1.07 bits per heavy atom. The molecule has 3 aliphatic carbocycles. The van der Waals surface area contributed by atoms with E-state index in [1.807, 2.05) is 13.8 Å². The molecule has 3 saturated carbocycles. The average Bonchev–Trinajstić information content (AvgIpc) is 3.32. The van der Waals surface area contributed by atoms with Gasteiger partial charge in [-0.15, -0.1) is 0 Å². The molecule has 4 heteroatoms. The highest BCUT2D eigenvalue weighted by molar-refractivity contribution is 6.74. The van der Waals surface area contributed by atoms with Crippen LogP contribution in [0.3, 0.4) is 0 Å². The van der Waals surface area contributed by atoms with Gasteiger partial charge in [-0.25, -0.2) is 0 Å². The van der Waals surface area contributed by atoms with Crippen molar-refractivity contribution in [2.45, 2.75) is 161 Å². The molecule has 0 unspecified atom stereocenters. The van der Waals surface area contributed by atoms with Crippen LogP contribution in [0.4, 0.5) is 0 Å². The molecule has 3 aliphatic rings. The van der Waals surface area contributed by atoms with Crippen molar-refractivity contribution in [3.63, 3.8) is 0 Å². The summed E-state index contributed by atoms with van der Waals surface area (Å²) in [5, 5.41) is 10.4. The number of allylic oxidation sites excluding steroid dienone is 3. The molecule has 0 aromatic heterocycles. The Morgan fingerprint density at radius 2 is 1.78 bits per heavy atom. The molecule has 0 radical (unpaired) electrons. The topological polar surface area (TPSA) is 38.7 Å². The smallest absolute Gasteiger partial charge is 0.192 e. The molecule has 0 saturated heterocycles. The second-order valence-electron chi connectivity index (χ2n) is 17.6. The van der Waals surface area contributed by atoms with Gasteiger partial charge in [-0.05, 0) is 130 Å². The van der Waals surface area contributed by atoms with Crippen LogP contribution in [-0.2, 0) is 15.6 Å². The largest absolute Gasteiger partial charge is 0.413 e. The molecule has 1 N–H and O–H groups in total. The van der Waals surface area contributed by atoms with Gasteiger partial charge in [0.15, 0.2) is 8.32 Å². The zero-order chi connectivity index (χ0) is 33.8. The van der Waals surface area contributed by atoms with E-state index in [1.165, 1.54) is 49.7 Å². The van der Waals surface area contributed by atoms with Gasteiger partial charge < -0.3 is 14.3 Å². The minimum Gasteiger partial charge on any atom is -0.413 e. The number of fused-ring (bicyclic) bond motifs is 1. The third-order valence-corrected chi connectivity index (χ3v) is 17.0. The first-order valence-corrected chi connectivity index (χ1v) is 21.6. The molecule has 0 amide bonds. The molecule has 1 aromatic carbocycles. The first-order valence-electron chi connectivity index (χ1n) is 18.6. The van der Waals surface area contributed by atoms with E-state index in [9.17, 15) is 5.11 Å². The monoisotopic (exact) mass is 648 g/mol. The van der Waals surface area contributed by atoms with Crippen molar-refractivity contribution in [2.24, 2.45) is 23.2 Å². The third-order valence-electron chi connectivity index (χ3n) is 12.4. The van der Waals surface area contributed by atoms with Crippen LogP contribution >= 0.6 is 0 Å². The molecule has 3 fully saturated rings. The lowest BCUT2D eigenvalue weighted by Crippen LogP contribution is -2.46. The van der Waals surface area contributed by atoms with Gasteiger partial charge in [0.25, 0.3) is 0 Å². The van der Waals surface area contributed by atoms with E-state index in [0.29, 0.717) is 17.3 Å². The lowest BCUT2D eigenvalue weighted by molar-refractivity contribution is 0.0281. The lowest BCUT2D eigenvalue weighted by atomic mass is 9.60. The van der Waals surface area contributed by atoms with Gasteiger partial charge >= 0.3 is 0 Å². The molecule has 0 spiro atoms. The molecule has 4 rings (SSSR count). The summed E-state index contributed by atoms with van der Waals surface area (Å²) >= 11 is 0. The predicted octanol–water partition coefficient (Wildman–Crippen LogP) is 11.4. The fraction of sp³-hybridized carbons (Fsp3) is 0.714. The van der Waals surface area contributed by atoms with Gasteiger partial charge in [0.1, 0.15) is 0 Å². The summed E-state index contributed by atoms with van der Waals surface area (Å²) < 4.78 is 13.6. The average molecular weight is 649 g/mol. The molecule has 46 heavy (non-hydrogen) atoms. The van der Waals surface area contributed by atoms with Gasteiger partial charge in [-0.3, -0.25) is 0 Å². The molecule has 258 valence electrons. The van der Waals surface area contributed by atoms with Crippen LogP contribution in [0.2, 0.25) is 18.1 Å². The maximum atomic E-state index is 10.2. The third kappa shape index (κ3) is 9.58. The van der Waals surface area contributed by atoms with E-state index < -0.39 is 13.9 Å². The summed E-state index contributed by atoms with van der Waals surface area (Å²) in [6.45, 7) is 26.1. The van der Waals surface area contributed by atoms with Crippen LogP contribution in [-0.4, -0.2) is 37.8 Å². The maximum Gasteiger partial charge on any atom is 0.192 e. The number of aliphatic hydroxyl groups is 1. The van der Waals surface area contributed by atoms with Crippen molar-refractivity contribution in [2.75, 3.05) is 6.61 Å². The number of ether oxygens (including phenoxy) is 1. The van der Waals surface area contributed by atoms with Crippen LogP contribution in [0, 0.1) is 23.2 Å². The van der Waals surface area contributed by atoms with Crippen molar-refractivity contribution >= 4 is 8.32 Å². The van der Waals surface area contributed by atoms with Crippen LogP contribution in [0.1, 0.15) is 125 Å². The first-order chi connectivity index (χ1) is 21.5. The molecule has 0 aliphatic heterocycles. The van der Waals surface area contributed by atoms with Crippen LogP contribution in [0.15, 0.2) is 65.8 Å². The van der Waals surface area contributed by atoms with Gasteiger partial charge in [0, 0.05) is 13.0 Å². The number of aryl methyl sites for hydroxylation is 1. The van der Waals surface area contributed by atoms with Crippen molar-refractivity contribution in [3.8, 4) is 0 Å². The standard InChI is InChI=1S/C42H68O3Si/c1-31(17-14-26-41(6,7)43)37-24-25-38-34(21-15-27-42(37,38)8)22-23-35-29-36(45-46(9,10)40(3,4)5)30-39(32(35)2)44-28-16-20-33-18-12-11-13-19-33/h11-13,18-19,22-23,31,36-39,43H,2,14-17,20-21,24-30H2,1,3-10H3/b34-22+,35-23-/t31-,36-,37-,38+,39+,42-/m1/s1. The normalized spacial score (nSPS) is 30.2. The summed E-state index contributed by atoms with van der Waals surface area (Å²) in [5.41, 5.74) is 5.36. The minimum absolute atomic E-state index is 0.0150. The van der Waals surface area contributed by atoms with Gasteiger partial charge in [-0.2, -0.15) is 0 Å². The second kappa shape index (κ2) is 15.4. The van der Waals surface area contributed by atoms with E-state index in [0.717, 1.165) is 56.6 Å². The Bertz CT molecular complexity index is 1200. The Labute approximate surface area is 284 Å². The lowest BCUT2D eigenvalue weighted by Gasteiger charge is -2.44. The SMILES string of the molecule is C=C1/C(=C\C=C2/CCC[C@]3(C)[C@@H]([C@H](C)CCCC(C)(C)O)CC[C@@H]23)C[C@@H](O[Si](C)(C)C(C)(C)C)C[C@@H]1OCCCc1ccccc1. The van der Waals surface area contributed by atoms with Crippen molar-refractivity contribution < 1.29 is 14.3 Å². The van der Waals surface area contributed by atoms with Crippen LogP contribution in [0.25, 0.3) is 0 Å². The molecular weight excluding hydrogens is 581 g/mol. The molecule has 3 nitrogen and oxygen atoms in total. The number of rotatable bonds is 13. The minimum atomic E-state index is -1.92. The molecule has 0 bridgehead atoms. The van der Waals surface area contributed by atoms with Crippen LogP contribution in [0.5, 0.6) is 0 Å². The zero-order valence-electron chi connectivity index (χ0n) is 31.1. The summed E-state index contributed by atoms with van der Waals surface area (Å²) in [5.74, 6) is 2.17. The van der Waals surface area contributed by atoms with E-state index in [-0.39, 0.29) is 17.2 Å². The van der Waals surface area contributed by atoms with E-state index >= 15 is 0 Å². The van der Waals surface area contributed by atoms with Crippen LogP contribution < -0.4 is 0 Å². The van der Waals surface area contributed by atoms with Gasteiger partial charge in [0.05, 0.1) is 17.8 Å². The van der Waals surface area contributed by atoms with Crippen molar-refractivity contribution in [1.29, 1.82) is 0 Å². The second-order valence-corrected chi connectivity index (χ2v) is 22.4. The highest BCUT2D eigenvalue weighted by Crippen LogP contribution is 2.60. The van der Waals surface area contributed by atoms with Gasteiger partial charge in [0.2, 0.25) is 0 Å². The van der Waals surface area contributed by atoms with Gasteiger partial charge in [-0.1, -0.05) is 102 Å². The van der Waals surface area contributed by atoms with E-state index in [1.54, 1.807) is 5.57 Å². The Balaban J connectivity index is 1.48. The quantitative estimate of drug-likeness (QED) is 0.171. The first kappa shape index (κ1) is 37.4. The summed E-state index contributed by atoms with van der Waals surface area (Å²) in [4.78, 5) is 0. The summed E-state index contributed by atoms with van der Waals surface area (Å²) in [6, 6.07) is 10.7. The Kier molecular flexibility index (Phi) is 12.5. The summed E-state index contributed by atoms with van der Waals surface area (Å²) in [7, 11) is -1.92. The fourth-order valence-electron chi connectivity index (χ4n) is 8.70. The maximum absolute atomic E-state index is 10.2. The fourth-order valence-corrected chi connectivity index (χ4v) is 10.1. The summed E-state index contributed by atoms with van der Waals surface area (Å²) in [6.07, 6.45) is 18.8. The highest BCUT2D eigenvalue weighted by atomic mass is 28.4. The Morgan fingerprint density at radius 3 is 2.46 bits per heavy atom. The number of benzene rings is 1. The van der Waals surface area contributed by atoms with Crippen molar-refractivity contribution in [1.82, 2.24) is 0 Å². The van der Waals surface area contributed by atoms with E-state index in [2.05, 4.69) is 96.8 Å². The molecular formula is C42H68O3Si. The number of hydrogen-bond acceptors (Lipinski definition) is 3. The van der Waals surface area contributed by atoms with Crippen molar-refractivity contribution in [3.05, 3.63) is 71.3 Å². The Hall–Kier alpha value is -1.46. The number of hydrogen-bond donors (Lipinski definition) is 1. The predicted molar refractivity (Wildman–Crippen MR) is 199 cm³/mol. The molecule has 0 heterocycles. The molecule has 6 atom stereocenters.